The van der Waals surface area contributed by atoms with Gasteiger partial charge < -0.3 is 63.6 Å². The Kier molecular flexibility index (Phi) is 54.4. The molecule has 0 unspecified atom stereocenters. The van der Waals surface area contributed by atoms with Crippen LogP contribution in [-0.2, 0) is 65.6 Å². The number of carbonyl (C=O) groups excluding carboxylic acids is 1. The molecule has 0 amide bonds. The van der Waals surface area contributed by atoms with E-state index in [0.29, 0.717) is 12.1 Å². The zero-order chi connectivity index (χ0) is 59.3. The first-order valence-corrected chi connectivity index (χ1v) is 31.3. The molecular weight excluding hydrogens is 2230 g/mol. The molecule has 0 bridgehead atoms. The minimum atomic E-state index is -3.19. The maximum atomic E-state index is 9.40. The van der Waals surface area contributed by atoms with Gasteiger partial charge in [0, 0.05) is 223 Å². The van der Waals surface area contributed by atoms with Crippen molar-refractivity contribution in [2.75, 3.05) is 65.7 Å². The summed E-state index contributed by atoms with van der Waals surface area (Å²) >= 11 is 6.63. The van der Waals surface area contributed by atoms with Crippen LogP contribution >= 0.6 is 42.5 Å². The van der Waals surface area contributed by atoms with E-state index >= 15 is 0 Å². The van der Waals surface area contributed by atoms with E-state index in [2.05, 4.69) is 103 Å². The molecule has 8 aliphatic rings. The van der Waals surface area contributed by atoms with Crippen molar-refractivity contribution in [3.05, 3.63) is 39.8 Å². The molecule has 0 saturated carbocycles. The van der Waals surface area contributed by atoms with Gasteiger partial charge in [-0.1, -0.05) is 6.92 Å². The fraction of sp³-hybridized carbons (Fsp3) is 0.804. The van der Waals surface area contributed by atoms with Crippen molar-refractivity contribution in [2.24, 2.45) is 10.9 Å². The van der Waals surface area contributed by atoms with Crippen LogP contribution in [0.2, 0.25) is 0 Å². The van der Waals surface area contributed by atoms with Crippen LogP contribution in [0, 0.1) is 130 Å². The molecule has 7 saturated heterocycles. The zero-order valence-electron chi connectivity index (χ0n) is 54.0. The van der Waals surface area contributed by atoms with Gasteiger partial charge in [-0.15, -0.1) is 0 Å². The van der Waals surface area contributed by atoms with Crippen molar-refractivity contribution < 1.29 is 304 Å². The maximum absolute atomic E-state index is 9.40. The van der Waals surface area contributed by atoms with Crippen LogP contribution in [0.4, 0.5) is 0 Å². The quantitative estimate of drug-likeness (QED) is 0.146. The molecule has 468 valence electrons. The summed E-state index contributed by atoms with van der Waals surface area (Å²) in [5.74, 6) is 0.911. The van der Waals surface area contributed by atoms with Crippen molar-refractivity contribution in [3.8, 4) is 0 Å². The summed E-state index contributed by atoms with van der Waals surface area (Å²) in [6, 6.07) is 0.963. The number of aliphatic hydroxyl groups is 1. The Balaban J connectivity index is -0.000000304. The molecule has 7 fully saturated rings. The minimum absolute atomic E-state index is 0. The van der Waals surface area contributed by atoms with Gasteiger partial charge in [-0.2, -0.15) is 10.2 Å². The Bertz CT molecular complexity index is 2190. The normalized spacial score (nSPS) is 22.1. The van der Waals surface area contributed by atoms with Gasteiger partial charge in [-0.25, -0.2) is 8.42 Å². The molecular formula is C51H89B3Br2ClK2N5O16SU4. The summed E-state index contributed by atoms with van der Waals surface area (Å²) in [6.45, 7) is 34.2. The summed E-state index contributed by atoms with van der Waals surface area (Å²) in [6.07, 6.45) is 20.8. The van der Waals surface area contributed by atoms with E-state index in [-0.39, 0.29) is 282 Å². The third-order valence-corrected chi connectivity index (χ3v) is 15.9. The molecule has 1 N–H and O–H groups in total. The van der Waals surface area contributed by atoms with E-state index in [1.165, 1.54) is 12.8 Å². The molecule has 0 atom stereocenters. The molecule has 2 aromatic heterocycles. The van der Waals surface area contributed by atoms with Crippen LogP contribution in [0.5, 0.6) is 0 Å². The molecule has 8 aliphatic heterocycles. The monoisotopic (exact) mass is 2320 g/mol. The number of aliphatic imine (C=N–C) groups is 1. The van der Waals surface area contributed by atoms with Gasteiger partial charge in [-0.05, 0) is 178 Å². The first-order valence-electron chi connectivity index (χ1n) is 27.0. The van der Waals surface area contributed by atoms with Crippen LogP contribution in [0.3, 0.4) is 0 Å². The Morgan fingerprint density at radius 3 is 1.20 bits per heavy atom. The zero-order valence-corrected chi connectivity index (χ0v) is 80.6. The van der Waals surface area contributed by atoms with Gasteiger partial charge in [0.05, 0.1) is 75.3 Å². The van der Waals surface area contributed by atoms with Crippen molar-refractivity contribution in [2.45, 2.75) is 193 Å². The second-order valence-corrected chi connectivity index (χ2v) is 27.9. The van der Waals surface area contributed by atoms with Crippen LogP contribution in [0.1, 0.15) is 155 Å². The molecule has 0 aromatic carbocycles. The van der Waals surface area contributed by atoms with Crippen molar-refractivity contribution in [1.29, 1.82) is 0 Å². The summed E-state index contributed by atoms with van der Waals surface area (Å²) in [5.41, 5.74) is -1.06. The number of allylic oxidation sites excluding steroid dienone is 1. The molecule has 21 nitrogen and oxygen atoms in total. The molecule has 2 aromatic rings. The number of carbonyl (C=O) groups is 1. The summed E-state index contributed by atoms with van der Waals surface area (Å²) < 4.78 is 81.7. The molecule has 10 heterocycles. The van der Waals surface area contributed by atoms with Gasteiger partial charge in [0.15, 0.2) is 0 Å². The van der Waals surface area contributed by atoms with E-state index in [1.807, 2.05) is 89.4 Å². The first-order chi connectivity index (χ1) is 36.7. The van der Waals surface area contributed by atoms with Crippen molar-refractivity contribution >= 4 is 90.9 Å². The van der Waals surface area contributed by atoms with Gasteiger partial charge in [0.1, 0.15) is 0 Å². The predicted molar refractivity (Wildman–Crippen MR) is 313 cm³/mol. The van der Waals surface area contributed by atoms with E-state index in [4.69, 9.17) is 62.0 Å². The number of hydrogen-bond acceptors (Lipinski definition) is 19. The van der Waals surface area contributed by atoms with E-state index in [0.717, 1.165) is 125 Å². The second-order valence-electron chi connectivity index (χ2n) is 23.0. The maximum Gasteiger partial charge on any atom is 1.00 e. The smallest absolute Gasteiger partial charge is 1.00 e. The van der Waals surface area contributed by atoms with E-state index < -0.39 is 23.1 Å². The minimum Gasteiger partial charge on any atom is -1.00 e. The Morgan fingerprint density at radius 1 is 0.635 bits per heavy atom. The van der Waals surface area contributed by atoms with Gasteiger partial charge in [-0.3, -0.25) is 19.2 Å². The number of aliphatic hydroxyl groups excluding tert-OH is 1. The van der Waals surface area contributed by atoms with Gasteiger partial charge >= 0.3 is 124 Å². The number of rotatable bonds is 5. The van der Waals surface area contributed by atoms with Crippen LogP contribution < -0.4 is 113 Å². The number of ether oxygens (including phenoxy) is 4. The Labute approximate surface area is 711 Å². The third-order valence-electron chi connectivity index (χ3n) is 15.0. The fourth-order valence-electron chi connectivity index (χ4n) is 7.90. The van der Waals surface area contributed by atoms with Crippen molar-refractivity contribution in [3.63, 3.8) is 0 Å². The van der Waals surface area contributed by atoms with Crippen LogP contribution in [-0.4, -0.2) is 172 Å². The molecule has 0 aliphatic carbocycles. The summed E-state index contributed by atoms with van der Waals surface area (Å²) in [5, 5.41) is 26.0. The number of nitrogens with zero attached hydrogens (tertiary/aromatic N) is 5. The molecule has 85 heavy (non-hydrogen) atoms. The average Bonchev–Trinajstić information content (AvgIpc) is 4.38. The number of hydrogen-bond donors (Lipinski definition) is 1. The van der Waals surface area contributed by atoms with E-state index in [9.17, 15) is 8.42 Å². The molecule has 10 rings (SSSR count). The van der Waals surface area contributed by atoms with Crippen molar-refractivity contribution in [1.82, 2.24) is 19.6 Å². The van der Waals surface area contributed by atoms with Crippen LogP contribution in [0.15, 0.2) is 44.8 Å². The van der Waals surface area contributed by atoms with Crippen LogP contribution in [0.25, 0.3) is 0 Å². The topological polar surface area (TPSA) is 244 Å². The number of aromatic nitrogens is 4. The second kappa shape index (κ2) is 47.6. The largest absolute Gasteiger partial charge is 1.00 e. The Hall–Kier alpha value is 5.70. The molecule has 0 radical (unpaired) electrons. The Morgan fingerprint density at radius 2 is 0.953 bits per heavy atom. The average molecular weight is 2320 g/mol. The first kappa shape index (κ1) is 97.1. The van der Waals surface area contributed by atoms with Gasteiger partial charge in [0.2, 0.25) is 9.05 Å². The number of halogens is 3. The fourth-order valence-corrected chi connectivity index (χ4v) is 8.49. The third kappa shape index (κ3) is 36.9. The molecule has 0 spiro atoms. The standard InChI is InChI=1S/C14H23BN2O3.C12H24B2O4.C8H11BrN2O.C6H12O.C5H10O2.C4H4BrN.CH3ClO2S.CH2O3.2K.4U.H/c1-13(2)14(3,4)20-15(19-13)11-9-16-17(10-11)12-5-7-18-8-6-12;1-9(2)10(3,4)16-13(15-9)14-17-11(5,6)12(7,8)18-14;9-7-5-10-11(6-7)8-1-3-12-4-2-8;1-6-2-4-7-5-3-6;6-5-1-3-7-4-2-5;5-4-1-2-6-3-4;1-5(2,3)4;2-1-4-3;;;;;;;/h9-10,12H,5-8H2,1-4H3;1-8H3;5-6,8H,1-4H2;6H,2-5H2,1H3;5-6H,1-4H2;1,3H,2H2;1H3;1,3H;;;;;;;/q;;;;;;;;2*+1;;;;;-1/p-1. The van der Waals surface area contributed by atoms with E-state index in [1.54, 1.807) is 6.21 Å². The summed E-state index contributed by atoms with van der Waals surface area (Å²) in [7, 11) is 0.0307. The summed E-state index contributed by atoms with van der Waals surface area (Å²) in [4.78, 5) is 15.1. The molecule has 34 heteroatoms. The van der Waals surface area contributed by atoms with Gasteiger partial charge in [0.25, 0.3) is 6.47 Å². The SMILES string of the molecule is BrC1=CCN=C1.Brc1cnn(C2CCOCC2)c1.CC1(C)OB(B2OC(C)(C)C(C)(C)O2)OC1(C)C.CC1(C)OB(c2cnn(C3CCOCC3)c2)OC1(C)C.CC1CCOCC1.CS(=O)(=O)Cl.O=CO[O-].OC1CCOCC1.[H-].[K+].[K+].[U].[U].[U].[U]. The predicted octanol–water partition coefficient (Wildman–Crippen LogP) is 1.46.